The highest BCUT2D eigenvalue weighted by Crippen LogP contribution is 2.38. The standard InChI is InChI=1S/C17H21NO4/c19-15-9-4-5-11-12(15)6-3-7-13(11)16(20)18-10-2-1-8-14(18)17(21)22/h4-5,9,13-14,19H,1-3,6-8,10H2,(H,21,22)/t13-,14+/m0/s1. The Bertz CT molecular complexity index is 598. The van der Waals surface area contributed by atoms with Gasteiger partial charge in [0, 0.05) is 6.54 Å². The highest BCUT2D eigenvalue weighted by Gasteiger charge is 2.37. The maximum atomic E-state index is 12.9. The Hall–Kier alpha value is -2.04. The van der Waals surface area contributed by atoms with E-state index < -0.39 is 12.0 Å². The van der Waals surface area contributed by atoms with Crippen LogP contribution in [0.15, 0.2) is 18.2 Å². The van der Waals surface area contributed by atoms with E-state index in [1.54, 1.807) is 12.1 Å². The lowest BCUT2D eigenvalue weighted by Crippen LogP contribution is -2.50. The summed E-state index contributed by atoms with van der Waals surface area (Å²) in [5, 5.41) is 19.3. The van der Waals surface area contributed by atoms with Gasteiger partial charge >= 0.3 is 5.97 Å². The summed E-state index contributed by atoms with van der Waals surface area (Å²) in [6.07, 6.45) is 4.57. The van der Waals surface area contributed by atoms with E-state index in [1.807, 2.05) is 6.07 Å². The first-order valence-electron chi connectivity index (χ1n) is 7.93. The van der Waals surface area contributed by atoms with Crippen molar-refractivity contribution in [3.05, 3.63) is 29.3 Å². The molecule has 5 heteroatoms. The third kappa shape index (κ3) is 2.56. The molecule has 1 heterocycles. The molecule has 1 saturated heterocycles. The van der Waals surface area contributed by atoms with Crippen molar-refractivity contribution < 1.29 is 19.8 Å². The first-order valence-corrected chi connectivity index (χ1v) is 7.93. The summed E-state index contributed by atoms with van der Waals surface area (Å²) in [4.78, 5) is 25.9. The fourth-order valence-corrected chi connectivity index (χ4v) is 3.74. The van der Waals surface area contributed by atoms with Crippen LogP contribution in [0.1, 0.15) is 49.1 Å². The number of carboxylic acid groups (broad SMARTS) is 1. The number of carbonyl (C=O) groups excluding carboxylic acids is 1. The van der Waals surface area contributed by atoms with Crippen LogP contribution in [0.4, 0.5) is 0 Å². The number of benzene rings is 1. The van der Waals surface area contributed by atoms with Crippen LogP contribution in [0.5, 0.6) is 5.75 Å². The van der Waals surface area contributed by atoms with Crippen molar-refractivity contribution in [2.45, 2.75) is 50.5 Å². The van der Waals surface area contributed by atoms with Crippen molar-refractivity contribution >= 4 is 11.9 Å². The van der Waals surface area contributed by atoms with Gasteiger partial charge in [0.25, 0.3) is 0 Å². The molecular weight excluding hydrogens is 282 g/mol. The van der Waals surface area contributed by atoms with Gasteiger partial charge in [0.2, 0.25) is 5.91 Å². The van der Waals surface area contributed by atoms with Crippen LogP contribution in [-0.2, 0) is 16.0 Å². The van der Waals surface area contributed by atoms with E-state index in [0.717, 1.165) is 43.2 Å². The quantitative estimate of drug-likeness (QED) is 0.878. The third-order valence-corrected chi connectivity index (χ3v) is 4.85. The van der Waals surface area contributed by atoms with Gasteiger partial charge < -0.3 is 15.1 Å². The number of hydrogen-bond acceptors (Lipinski definition) is 3. The maximum absolute atomic E-state index is 12.9. The first kappa shape index (κ1) is 14.9. The van der Waals surface area contributed by atoms with Crippen LogP contribution in [0.2, 0.25) is 0 Å². The number of piperidine rings is 1. The number of hydrogen-bond donors (Lipinski definition) is 2. The average molecular weight is 303 g/mol. The molecule has 0 spiro atoms. The number of carboxylic acids is 1. The van der Waals surface area contributed by atoms with Crippen molar-refractivity contribution in [2.24, 2.45) is 0 Å². The molecule has 2 atom stereocenters. The average Bonchev–Trinajstić information content (AvgIpc) is 2.54. The van der Waals surface area contributed by atoms with E-state index >= 15 is 0 Å². The molecule has 1 aromatic carbocycles. The Morgan fingerprint density at radius 3 is 2.73 bits per heavy atom. The Balaban J connectivity index is 1.90. The number of carbonyl (C=O) groups is 2. The first-order chi connectivity index (χ1) is 10.6. The molecule has 0 unspecified atom stereocenters. The lowest BCUT2D eigenvalue weighted by Gasteiger charge is -2.37. The number of likely N-dealkylation sites (tertiary alicyclic amines) is 1. The van der Waals surface area contributed by atoms with E-state index in [4.69, 9.17) is 0 Å². The topological polar surface area (TPSA) is 77.8 Å². The van der Waals surface area contributed by atoms with Crippen LogP contribution in [0.3, 0.4) is 0 Å². The molecule has 2 N–H and O–H groups in total. The Morgan fingerprint density at radius 2 is 1.95 bits per heavy atom. The van der Waals surface area contributed by atoms with Gasteiger partial charge in [-0.15, -0.1) is 0 Å². The minimum atomic E-state index is -0.917. The minimum absolute atomic E-state index is 0.0985. The van der Waals surface area contributed by atoms with Gasteiger partial charge in [-0.05, 0) is 55.7 Å². The van der Waals surface area contributed by atoms with Crippen LogP contribution in [0.25, 0.3) is 0 Å². The van der Waals surface area contributed by atoms with E-state index in [9.17, 15) is 19.8 Å². The minimum Gasteiger partial charge on any atom is -0.508 e. The lowest BCUT2D eigenvalue weighted by molar-refractivity contribution is -0.152. The predicted octanol–water partition coefficient (Wildman–Crippen LogP) is 2.28. The van der Waals surface area contributed by atoms with Crippen molar-refractivity contribution in [1.29, 1.82) is 0 Å². The fourth-order valence-electron chi connectivity index (χ4n) is 3.74. The summed E-state index contributed by atoms with van der Waals surface area (Å²) in [6, 6.07) is 4.58. The fraction of sp³-hybridized carbons (Fsp3) is 0.529. The Morgan fingerprint density at radius 1 is 1.14 bits per heavy atom. The van der Waals surface area contributed by atoms with Gasteiger partial charge in [-0.3, -0.25) is 4.79 Å². The van der Waals surface area contributed by atoms with Gasteiger partial charge in [0.15, 0.2) is 0 Å². The smallest absolute Gasteiger partial charge is 0.326 e. The zero-order chi connectivity index (χ0) is 15.7. The molecule has 1 amide bonds. The second-order valence-corrected chi connectivity index (χ2v) is 6.17. The molecule has 0 radical (unpaired) electrons. The van der Waals surface area contributed by atoms with Gasteiger partial charge in [0.05, 0.1) is 5.92 Å². The van der Waals surface area contributed by atoms with Gasteiger partial charge in [0.1, 0.15) is 11.8 Å². The molecule has 0 saturated carbocycles. The van der Waals surface area contributed by atoms with E-state index in [0.29, 0.717) is 13.0 Å². The third-order valence-electron chi connectivity index (χ3n) is 4.85. The summed E-state index contributed by atoms with van der Waals surface area (Å²) < 4.78 is 0. The van der Waals surface area contributed by atoms with Gasteiger partial charge in [-0.1, -0.05) is 12.1 Å². The number of phenols is 1. The summed E-state index contributed by atoms with van der Waals surface area (Å²) in [7, 11) is 0. The van der Waals surface area contributed by atoms with E-state index in [1.165, 1.54) is 4.90 Å². The number of nitrogens with zero attached hydrogens (tertiary/aromatic N) is 1. The highest BCUT2D eigenvalue weighted by molar-refractivity contribution is 5.89. The number of phenolic OH excluding ortho intramolecular Hbond substituents is 1. The van der Waals surface area contributed by atoms with Crippen molar-refractivity contribution in [2.75, 3.05) is 6.54 Å². The number of rotatable bonds is 2. The molecule has 2 aliphatic rings. The molecule has 0 bridgehead atoms. The SMILES string of the molecule is O=C(O)[C@H]1CCCCN1C(=O)[C@H]1CCCc2c(O)cccc21. The number of amides is 1. The molecule has 5 nitrogen and oxygen atoms in total. The highest BCUT2D eigenvalue weighted by atomic mass is 16.4. The molecule has 1 aliphatic carbocycles. The largest absolute Gasteiger partial charge is 0.508 e. The summed E-state index contributed by atoms with van der Waals surface area (Å²) in [5.41, 5.74) is 1.71. The zero-order valence-electron chi connectivity index (χ0n) is 12.5. The molecule has 118 valence electrons. The maximum Gasteiger partial charge on any atom is 0.326 e. The molecule has 1 aromatic rings. The monoisotopic (exact) mass is 303 g/mol. The van der Waals surface area contributed by atoms with Gasteiger partial charge in [-0.25, -0.2) is 4.79 Å². The molecule has 1 fully saturated rings. The second-order valence-electron chi connectivity index (χ2n) is 6.17. The van der Waals surface area contributed by atoms with Crippen molar-refractivity contribution in [1.82, 2.24) is 4.90 Å². The number of aliphatic carboxylic acids is 1. The van der Waals surface area contributed by atoms with E-state index in [-0.39, 0.29) is 17.6 Å². The van der Waals surface area contributed by atoms with Gasteiger partial charge in [-0.2, -0.15) is 0 Å². The van der Waals surface area contributed by atoms with Crippen LogP contribution < -0.4 is 0 Å². The van der Waals surface area contributed by atoms with Crippen molar-refractivity contribution in [3.63, 3.8) is 0 Å². The molecule has 3 rings (SSSR count). The second kappa shape index (κ2) is 5.99. The van der Waals surface area contributed by atoms with E-state index in [2.05, 4.69) is 0 Å². The summed E-state index contributed by atoms with van der Waals surface area (Å²) in [6.45, 7) is 0.514. The number of fused-ring (bicyclic) bond motifs is 1. The molecule has 0 aromatic heterocycles. The lowest BCUT2D eigenvalue weighted by atomic mass is 9.81. The van der Waals surface area contributed by atoms with Crippen LogP contribution in [-0.4, -0.2) is 39.6 Å². The Kier molecular flexibility index (Phi) is 4.05. The zero-order valence-corrected chi connectivity index (χ0v) is 12.5. The predicted molar refractivity (Wildman–Crippen MR) is 80.8 cm³/mol. The molecule has 1 aliphatic heterocycles. The van der Waals surface area contributed by atoms with Crippen LogP contribution in [0, 0.1) is 0 Å². The van der Waals surface area contributed by atoms with Crippen molar-refractivity contribution in [3.8, 4) is 5.75 Å². The van der Waals surface area contributed by atoms with Crippen LogP contribution >= 0.6 is 0 Å². The summed E-state index contributed by atoms with van der Waals surface area (Å²) >= 11 is 0. The summed E-state index contributed by atoms with van der Waals surface area (Å²) in [5.74, 6) is -1.10. The number of aromatic hydroxyl groups is 1. The Labute approximate surface area is 129 Å². The molecule has 22 heavy (non-hydrogen) atoms. The molecular formula is C17H21NO4. The normalized spacial score (nSPS) is 24.6.